The largest absolute Gasteiger partial charge is 0.472 e. The number of rotatable bonds is 28. The van der Waals surface area contributed by atoms with Gasteiger partial charge in [-0.25, -0.2) is 4.57 Å². The molecule has 0 aromatic carbocycles. The third-order valence-electron chi connectivity index (χ3n) is 6.56. The van der Waals surface area contributed by atoms with Crippen LogP contribution in [0.5, 0.6) is 0 Å². The smallest absolute Gasteiger partial charge is 0.462 e. The summed E-state index contributed by atoms with van der Waals surface area (Å²) in [6.45, 7) is 4.23. The Morgan fingerprint density at radius 2 is 1.32 bits per heavy atom. The third-order valence-corrected chi connectivity index (χ3v) is 7.54. The van der Waals surface area contributed by atoms with Gasteiger partial charge < -0.3 is 18.9 Å². The molecule has 2 unspecified atom stereocenters. The minimum absolute atomic E-state index is 0.0320. The fraction of sp³-hybridized carbons (Fsp3) is 0.871. The van der Waals surface area contributed by atoms with Crippen molar-refractivity contribution in [1.82, 2.24) is 0 Å². The molecular formula is C31H61NO8P+. The van der Waals surface area contributed by atoms with Gasteiger partial charge in [-0.3, -0.25) is 18.6 Å². The topological polar surface area (TPSA) is 108 Å². The van der Waals surface area contributed by atoms with Crippen molar-refractivity contribution >= 4 is 19.8 Å². The van der Waals surface area contributed by atoms with Crippen molar-refractivity contribution in [2.24, 2.45) is 0 Å². The molecule has 0 aromatic rings. The maximum atomic E-state index is 12.5. The molecule has 0 bridgehead atoms. The first kappa shape index (κ1) is 39.8. The van der Waals surface area contributed by atoms with E-state index in [1.54, 1.807) is 0 Å². The number of carbonyl (C=O) groups excluding carboxylic acids is 2. The van der Waals surface area contributed by atoms with Crippen molar-refractivity contribution in [3.8, 4) is 0 Å². The Kier molecular flexibility index (Phi) is 24.5. The molecule has 0 saturated carbocycles. The number of quaternary nitrogens is 1. The maximum absolute atomic E-state index is 12.5. The fourth-order valence-corrected chi connectivity index (χ4v) is 4.75. The van der Waals surface area contributed by atoms with Gasteiger partial charge in [0.1, 0.15) is 19.8 Å². The number of carbonyl (C=O) groups is 2. The van der Waals surface area contributed by atoms with E-state index in [-0.39, 0.29) is 32.0 Å². The number of hydrogen-bond acceptors (Lipinski definition) is 7. The van der Waals surface area contributed by atoms with Gasteiger partial charge in [-0.1, -0.05) is 90.2 Å². The average molecular weight is 607 g/mol. The van der Waals surface area contributed by atoms with Gasteiger partial charge in [0.15, 0.2) is 6.10 Å². The predicted octanol–water partition coefficient (Wildman–Crippen LogP) is 7.51. The van der Waals surface area contributed by atoms with Gasteiger partial charge in [0.2, 0.25) is 0 Å². The highest BCUT2D eigenvalue weighted by atomic mass is 31.2. The van der Waals surface area contributed by atoms with Crippen molar-refractivity contribution in [2.45, 2.75) is 129 Å². The summed E-state index contributed by atoms with van der Waals surface area (Å²) in [6.07, 6.45) is 20.0. The fourth-order valence-electron chi connectivity index (χ4n) is 4.01. The molecule has 9 nitrogen and oxygen atoms in total. The first-order valence-corrected chi connectivity index (χ1v) is 17.4. The minimum atomic E-state index is -4.35. The van der Waals surface area contributed by atoms with E-state index in [1.807, 2.05) is 21.1 Å². The van der Waals surface area contributed by atoms with Crippen molar-refractivity contribution in [2.75, 3.05) is 47.5 Å². The van der Waals surface area contributed by atoms with Crippen LogP contribution in [0.2, 0.25) is 0 Å². The number of allylic oxidation sites excluding steroid dienone is 2. The summed E-state index contributed by atoms with van der Waals surface area (Å²) in [5.74, 6) is -0.823. The van der Waals surface area contributed by atoms with Crippen LogP contribution in [0.4, 0.5) is 0 Å². The Hall–Kier alpha value is -1.25. The van der Waals surface area contributed by atoms with Crippen LogP contribution in [0, 0.1) is 0 Å². The molecule has 0 aromatic heterocycles. The summed E-state index contributed by atoms with van der Waals surface area (Å²) in [6, 6.07) is 0. The minimum Gasteiger partial charge on any atom is -0.462 e. The van der Waals surface area contributed by atoms with Crippen molar-refractivity contribution in [1.29, 1.82) is 0 Å². The predicted molar refractivity (Wildman–Crippen MR) is 164 cm³/mol. The number of ether oxygens (including phenoxy) is 2. The van der Waals surface area contributed by atoms with Gasteiger partial charge >= 0.3 is 19.8 Å². The van der Waals surface area contributed by atoms with Crippen LogP contribution in [-0.4, -0.2) is 74.9 Å². The van der Waals surface area contributed by atoms with Crippen LogP contribution in [0.15, 0.2) is 12.2 Å². The molecule has 0 aliphatic rings. The number of likely N-dealkylation sites (N-methyl/N-ethyl adjacent to an activating group) is 1. The first-order chi connectivity index (χ1) is 19.5. The Morgan fingerprint density at radius 3 is 1.90 bits per heavy atom. The monoisotopic (exact) mass is 606 g/mol. The molecule has 10 heteroatoms. The van der Waals surface area contributed by atoms with E-state index >= 15 is 0 Å². The van der Waals surface area contributed by atoms with Crippen molar-refractivity contribution in [3.05, 3.63) is 12.2 Å². The molecule has 0 fully saturated rings. The van der Waals surface area contributed by atoms with Crippen LogP contribution in [0.1, 0.15) is 123 Å². The van der Waals surface area contributed by atoms with Crippen LogP contribution < -0.4 is 0 Å². The number of phosphoric acid groups is 1. The highest BCUT2D eigenvalue weighted by Gasteiger charge is 2.27. The highest BCUT2D eigenvalue weighted by Crippen LogP contribution is 2.43. The number of unbranched alkanes of at least 4 members (excludes halogenated alkanes) is 12. The standard InChI is InChI=1S/C31H60NO8P/c1-6-8-10-12-14-16-18-20-22-24-31(34)40-29(28-39-41(35,36)38-26-25-32(3,4)5)27-37-30(33)23-21-19-17-15-13-11-9-7-2/h9,11,29H,6-8,10,12-28H2,1-5H3/p+1/b11-9+. The summed E-state index contributed by atoms with van der Waals surface area (Å²) in [5, 5.41) is 0. The van der Waals surface area contributed by atoms with E-state index in [0.717, 1.165) is 51.4 Å². The third kappa shape index (κ3) is 28.6. The molecule has 0 saturated heterocycles. The lowest BCUT2D eigenvalue weighted by atomic mass is 10.1. The zero-order chi connectivity index (χ0) is 30.8. The highest BCUT2D eigenvalue weighted by molar-refractivity contribution is 7.47. The summed E-state index contributed by atoms with van der Waals surface area (Å²) >= 11 is 0. The SMILES string of the molecule is CC/C=C/CCCCCCC(=O)OCC(COP(=O)(O)OCC[N+](C)(C)C)OC(=O)CCCCCCCCCCC. The molecule has 0 amide bonds. The average Bonchev–Trinajstić information content (AvgIpc) is 2.90. The second-order valence-corrected chi connectivity index (χ2v) is 13.3. The second kappa shape index (κ2) is 25.3. The van der Waals surface area contributed by atoms with E-state index in [0.29, 0.717) is 17.4 Å². The number of phosphoric ester groups is 1. The molecule has 0 aliphatic heterocycles. The van der Waals surface area contributed by atoms with E-state index in [1.165, 1.54) is 38.5 Å². The van der Waals surface area contributed by atoms with Crippen molar-refractivity contribution < 1.29 is 42.1 Å². The van der Waals surface area contributed by atoms with E-state index in [2.05, 4.69) is 26.0 Å². The van der Waals surface area contributed by atoms with Gasteiger partial charge in [0, 0.05) is 12.8 Å². The van der Waals surface area contributed by atoms with Crippen LogP contribution in [0.3, 0.4) is 0 Å². The molecule has 0 radical (unpaired) electrons. The second-order valence-electron chi connectivity index (χ2n) is 11.8. The lowest BCUT2D eigenvalue weighted by molar-refractivity contribution is -0.870. The Labute approximate surface area is 250 Å². The quantitative estimate of drug-likeness (QED) is 0.0321. The molecule has 0 spiro atoms. The van der Waals surface area contributed by atoms with Gasteiger partial charge in [0.25, 0.3) is 0 Å². The summed E-state index contributed by atoms with van der Waals surface area (Å²) in [7, 11) is 1.47. The lowest BCUT2D eigenvalue weighted by Gasteiger charge is -2.24. The number of nitrogens with zero attached hydrogens (tertiary/aromatic N) is 1. The van der Waals surface area contributed by atoms with Gasteiger partial charge in [-0.15, -0.1) is 0 Å². The first-order valence-electron chi connectivity index (χ1n) is 15.9. The van der Waals surface area contributed by atoms with Gasteiger partial charge in [-0.2, -0.15) is 0 Å². The van der Waals surface area contributed by atoms with Crippen molar-refractivity contribution in [3.63, 3.8) is 0 Å². The van der Waals surface area contributed by atoms with Crippen LogP contribution in [-0.2, 0) is 32.7 Å². The maximum Gasteiger partial charge on any atom is 0.472 e. The molecule has 242 valence electrons. The van der Waals surface area contributed by atoms with Gasteiger partial charge in [-0.05, 0) is 32.1 Å². The summed E-state index contributed by atoms with van der Waals surface area (Å²) < 4.78 is 33.8. The van der Waals surface area contributed by atoms with Crippen LogP contribution >= 0.6 is 7.82 Å². The molecule has 41 heavy (non-hydrogen) atoms. The summed E-state index contributed by atoms with van der Waals surface area (Å²) in [4.78, 5) is 34.8. The van der Waals surface area contributed by atoms with Gasteiger partial charge in [0.05, 0.1) is 27.7 Å². The molecular weight excluding hydrogens is 545 g/mol. The number of hydrogen-bond donors (Lipinski definition) is 1. The lowest BCUT2D eigenvalue weighted by Crippen LogP contribution is -2.37. The zero-order valence-electron chi connectivity index (χ0n) is 26.8. The Bertz CT molecular complexity index is 738. The molecule has 1 N–H and O–H groups in total. The molecule has 2 atom stereocenters. The summed E-state index contributed by atoms with van der Waals surface area (Å²) in [5.41, 5.74) is 0. The van der Waals surface area contributed by atoms with Crippen LogP contribution in [0.25, 0.3) is 0 Å². The normalized spacial score (nSPS) is 14.2. The zero-order valence-corrected chi connectivity index (χ0v) is 27.7. The van der Waals surface area contributed by atoms with E-state index in [9.17, 15) is 19.0 Å². The van der Waals surface area contributed by atoms with E-state index in [4.69, 9.17) is 18.5 Å². The molecule has 0 rings (SSSR count). The Balaban J connectivity index is 4.55. The Morgan fingerprint density at radius 1 is 0.756 bits per heavy atom. The van der Waals surface area contributed by atoms with E-state index < -0.39 is 26.5 Å². The molecule has 0 aliphatic carbocycles. The molecule has 0 heterocycles. The number of esters is 2.